The normalized spacial score (nSPS) is 13.7. The predicted octanol–water partition coefficient (Wildman–Crippen LogP) is 3.80. The maximum Gasteiger partial charge on any atom is 0.192 e. The molecule has 0 amide bonds. The molecule has 0 spiro atoms. The number of rotatable bonds is 8. The molecule has 0 radical (unpaired) electrons. The van der Waals surface area contributed by atoms with Gasteiger partial charge in [0.2, 0.25) is 0 Å². The number of methoxy groups -OCH3 is 1. The van der Waals surface area contributed by atoms with Crippen molar-refractivity contribution in [1.82, 2.24) is 0 Å². The summed E-state index contributed by atoms with van der Waals surface area (Å²) in [6.45, 7) is 11.6. The van der Waals surface area contributed by atoms with Gasteiger partial charge in [-0.15, -0.1) is 0 Å². The van der Waals surface area contributed by atoms with Crippen LogP contribution in [0.25, 0.3) is 0 Å². The van der Waals surface area contributed by atoms with Crippen molar-refractivity contribution < 1.29 is 18.7 Å². The van der Waals surface area contributed by atoms with Crippen molar-refractivity contribution in [2.24, 2.45) is 0 Å². The highest BCUT2D eigenvalue weighted by molar-refractivity contribution is 6.74. The second kappa shape index (κ2) is 7.90. The van der Waals surface area contributed by atoms with Gasteiger partial charge in [-0.05, 0) is 35.8 Å². The number of aldehydes is 1. The molecule has 0 aliphatic carbocycles. The lowest BCUT2D eigenvalue weighted by atomic mass is 10.2. The Bertz CT molecular complexity index is 463. The molecule has 1 atom stereocenters. The first-order valence-corrected chi connectivity index (χ1v) is 10.4. The molecule has 0 bridgehead atoms. The van der Waals surface area contributed by atoms with Gasteiger partial charge in [0.15, 0.2) is 14.6 Å². The summed E-state index contributed by atoms with van der Waals surface area (Å²) in [5.41, 5.74) is 1.000. The van der Waals surface area contributed by atoms with Crippen molar-refractivity contribution in [3.05, 3.63) is 29.8 Å². The van der Waals surface area contributed by atoms with E-state index in [1.165, 1.54) is 0 Å². The maximum atomic E-state index is 11.2. The van der Waals surface area contributed by atoms with E-state index in [0.717, 1.165) is 17.6 Å². The fourth-order valence-electron chi connectivity index (χ4n) is 1.56. The molecule has 0 fully saturated rings. The highest BCUT2D eigenvalue weighted by Crippen LogP contribution is 2.36. The Morgan fingerprint density at radius 2 is 1.77 bits per heavy atom. The van der Waals surface area contributed by atoms with Crippen LogP contribution in [0.4, 0.5) is 0 Å². The van der Waals surface area contributed by atoms with Crippen molar-refractivity contribution >= 4 is 14.6 Å². The molecule has 0 aliphatic heterocycles. The van der Waals surface area contributed by atoms with Crippen LogP contribution < -0.4 is 4.74 Å². The topological polar surface area (TPSA) is 44.8 Å². The van der Waals surface area contributed by atoms with E-state index < -0.39 is 14.4 Å². The summed E-state index contributed by atoms with van der Waals surface area (Å²) in [6.07, 6.45) is 0.285. The van der Waals surface area contributed by atoms with Crippen LogP contribution in [0.3, 0.4) is 0 Å². The van der Waals surface area contributed by atoms with E-state index in [9.17, 15) is 4.79 Å². The number of ether oxygens (including phenoxy) is 2. The standard InChI is InChI=1S/C17H28O4Si/c1-17(2,3)22(5,6)21-13-16(11-18)20-12-14-7-9-15(19-4)10-8-14/h7-11,16H,12-13H2,1-6H3/t16-/m1/s1. The second-order valence-electron chi connectivity index (χ2n) is 6.90. The Kier molecular flexibility index (Phi) is 6.78. The van der Waals surface area contributed by atoms with Crippen LogP contribution >= 0.6 is 0 Å². The molecule has 5 heteroatoms. The summed E-state index contributed by atoms with van der Waals surface area (Å²) in [5, 5.41) is 0.121. The van der Waals surface area contributed by atoms with Crippen molar-refractivity contribution in [2.75, 3.05) is 13.7 Å². The molecule has 0 aromatic heterocycles. The first kappa shape index (κ1) is 18.9. The smallest absolute Gasteiger partial charge is 0.192 e. The van der Waals surface area contributed by atoms with E-state index in [4.69, 9.17) is 13.9 Å². The summed E-state index contributed by atoms with van der Waals surface area (Å²) < 4.78 is 16.8. The summed E-state index contributed by atoms with van der Waals surface area (Å²) in [5.74, 6) is 0.803. The SMILES string of the molecule is COc1ccc(CO[C@H](C=O)CO[Si](C)(C)C(C)(C)C)cc1. The van der Waals surface area contributed by atoms with Crippen LogP contribution in [0.1, 0.15) is 26.3 Å². The third-order valence-electron chi connectivity index (χ3n) is 4.19. The summed E-state index contributed by atoms with van der Waals surface area (Å²) in [4.78, 5) is 11.2. The highest BCUT2D eigenvalue weighted by Gasteiger charge is 2.37. The lowest BCUT2D eigenvalue weighted by Gasteiger charge is -2.36. The van der Waals surface area contributed by atoms with E-state index in [1.54, 1.807) is 7.11 Å². The predicted molar refractivity (Wildman–Crippen MR) is 90.8 cm³/mol. The molecule has 22 heavy (non-hydrogen) atoms. The number of hydrogen-bond donors (Lipinski definition) is 0. The molecule has 0 saturated heterocycles. The molecule has 4 nitrogen and oxygen atoms in total. The van der Waals surface area contributed by atoms with Crippen LogP contribution in [0.5, 0.6) is 5.75 Å². The fourth-order valence-corrected chi connectivity index (χ4v) is 2.57. The Morgan fingerprint density at radius 3 is 2.23 bits per heavy atom. The van der Waals surface area contributed by atoms with Gasteiger partial charge < -0.3 is 18.7 Å². The first-order valence-electron chi connectivity index (χ1n) is 7.53. The van der Waals surface area contributed by atoms with Gasteiger partial charge in [-0.25, -0.2) is 0 Å². The third-order valence-corrected chi connectivity index (χ3v) is 8.69. The quantitative estimate of drug-likeness (QED) is 0.539. The van der Waals surface area contributed by atoms with E-state index in [2.05, 4.69) is 33.9 Å². The molecule has 0 saturated carbocycles. The van der Waals surface area contributed by atoms with Gasteiger partial charge in [0.25, 0.3) is 0 Å². The Morgan fingerprint density at radius 1 is 1.18 bits per heavy atom. The van der Waals surface area contributed by atoms with Gasteiger partial charge >= 0.3 is 0 Å². The zero-order chi connectivity index (χ0) is 16.8. The van der Waals surface area contributed by atoms with Gasteiger partial charge in [0.1, 0.15) is 11.9 Å². The minimum absolute atomic E-state index is 0.121. The number of carbonyl (C=O) groups is 1. The van der Waals surface area contributed by atoms with Crippen molar-refractivity contribution in [3.8, 4) is 5.75 Å². The van der Waals surface area contributed by atoms with Crippen molar-refractivity contribution in [2.45, 2.75) is 51.6 Å². The Hall–Kier alpha value is -1.17. The molecule has 0 heterocycles. The molecule has 1 aromatic carbocycles. The van der Waals surface area contributed by atoms with Gasteiger partial charge in [0, 0.05) is 0 Å². The fraction of sp³-hybridized carbons (Fsp3) is 0.588. The van der Waals surface area contributed by atoms with Gasteiger partial charge in [-0.2, -0.15) is 0 Å². The van der Waals surface area contributed by atoms with E-state index >= 15 is 0 Å². The zero-order valence-electron chi connectivity index (χ0n) is 14.5. The van der Waals surface area contributed by atoms with Crippen LogP contribution in [0.15, 0.2) is 24.3 Å². The van der Waals surface area contributed by atoms with E-state index in [-0.39, 0.29) is 5.04 Å². The average molecular weight is 324 g/mol. The van der Waals surface area contributed by atoms with Crippen molar-refractivity contribution in [3.63, 3.8) is 0 Å². The van der Waals surface area contributed by atoms with Gasteiger partial charge in [-0.3, -0.25) is 0 Å². The molecular formula is C17H28O4Si. The second-order valence-corrected chi connectivity index (χ2v) is 11.7. The summed E-state index contributed by atoms with van der Waals surface area (Å²) in [7, 11) is -0.229. The first-order chi connectivity index (χ1) is 10.2. The highest BCUT2D eigenvalue weighted by atomic mass is 28.4. The molecule has 124 valence electrons. The Balaban J connectivity index is 2.50. The van der Waals surface area contributed by atoms with E-state index in [0.29, 0.717) is 13.2 Å². The van der Waals surface area contributed by atoms with E-state index in [1.807, 2.05) is 24.3 Å². The van der Waals surface area contributed by atoms with Gasteiger partial charge in [0.05, 0.1) is 20.3 Å². The zero-order valence-corrected chi connectivity index (χ0v) is 15.5. The van der Waals surface area contributed by atoms with Crippen LogP contribution in [-0.4, -0.2) is 34.4 Å². The van der Waals surface area contributed by atoms with Crippen molar-refractivity contribution in [1.29, 1.82) is 0 Å². The molecule has 1 aromatic rings. The Labute approximate surface area is 134 Å². The van der Waals surface area contributed by atoms with Crippen LogP contribution in [0, 0.1) is 0 Å². The minimum Gasteiger partial charge on any atom is -0.497 e. The van der Waals surface area contributed by atoms with Crippen LogP contribution in [-0.2, 0) is 20.6 Å². The number of carbonyl (C=O) groups excluding carboxylic acids is 1. The minimum atomic E-state index is -1.86. The largest absolute Gasteiger partial charge is 0.497 e. The summed E-state index contributed by atoms with van der Waals surface area (Å²) in [6, 6.07) is 7.60. The maximum absolute atomic E-state index is 11.2. The molecule has 0 unspecified atom stereocenters. The third kappa shape index (κ3) is 5.55. The monoisotopic (exact) mass is 324 g/mol. The molecule has 1 rings (SSSR count). The van der Waals surface area contributed by atoms with Gasteiger partial charge in [-0.1, -0.05) is 32.9 Å². The number of hydrogen-bond acceptors (Lipinski definition) is 4. The number of benzene rings is 1. The molecule has 0 aliphatic rings. The average Bonchev–Trinajstić information content (AvgIpc) is 2.46. The lowest BCUT2D eigenvalue weighted by molar-refractivity contribution is -0.121. The summed E-state index contributed by atoms with van der Waals surface area (Å²) >= 11 is 0. The van der Waals surface area contributed by atoms with Crippen LogP contribution in [0.2, 0.25) is 18.1 Å². The lowest BCUT2D eigenvalue weighted by Crippen LogP contribution is -2.43. The molecule has 0 N–H and O–H groups in total. The molecular weight excluding hydrogens is 296 g/mol.